The number of carbonyl (C=O) groups excluding carboxylic acids is 2. The van der Waals surface area contributed by atoms with Gasteiger partial charge in [-0.25, -0.2) is 14.0 Å². The summed E-state index contributed by atoms with van der Waals surface area (Å²) in [5.74, 6) is -1.87. The number of hydrogen-bond acceptors (Lipinski definition) is 5. The smallest absolute Gasteiger partial charge is 0.345 e. The van der Waals surface area contributed by atoms with E-state index < -0.39 is 17.8 Å². The van der Waals surface area contributed by atoms with E-state index in [-0.39, 0.29) is 23.0 Å². The molecule has 0 unspecified atom stereocenters. The molecular formula is C26H33FO5. The Morgan fingerprint density at radius 3 is 2.28 bits per heavy atom. The van der Waals surface area contributed by atoms with Crippen LogP contribution in [-0.2, 0) is 4.74 Å². The maximum atomic E-state index is 14.3. The van der Waals surface area contributed by atoms with Gasteiger partial charge in [0.05, 0.1) is 18.3 Å². The lowest BCUT2D eigenvalue weighted by atomic mass is 10.1. The first kappa shape index (κ1) is 25.4. The third kappa shape index (κ3) is 7.98. The Kier molecular flexibility index (Phi) is 10.7. The fourth-order valence-corrected chi connectivity index (χ4v) is 3.03. The predicted octanol–water partition coefficient (Wildman–Crippen LogP) is 6.74. The third-order valence-corrected chi connectivity index (χ3v) is 5.12. The molecular weight excluding hydrogens is 411 g/mol. The molecule has 6 heteroatoms. The van der Waals surface area contributed by atoms with Gasteiger partial charge in [-0.05, 0) is 56.2 Å². The van der Waals surface area contributed by atoms with E-state index in [4.69, 9.17) is 14.2 Å². The van der Waals surface area contributed by atoms with Crippen LogP contribution in [0.25, 0.3) is 0 Å². The summed E-state index contributed by atoms with van der Waals surface area (Å²) in [6, 6.07) is 10.4. The Labute approximate surface area is 189 Å². The van der Waals surface area contributed by atoms with Crippen molar-refractivity contribution in [3.8, 4) is 11.5 Å². The van der Waals surface area contributed by atoms with Crippen molar-refractivity contribution in [3.63, 3.8) is 0 Å². The van der Waals surface area contributed by atoms with Crippen molar-refractivity contribution in [2.75, 3.05) is 6.61 Å². The quantitative estimate of drug-likeness (QED) is 0.194. The molecule has 174 valence electrons. The standard InChI is InChI=1S/C26H33FO5/c1-4-6-7-8-9-10-18-30-21-16-14-20(15-17-21)25(28)32-23-13-11-12-22(27)24(23)26(29)31-19(3)5-2/h11-17,19H,4-10,18H2,1-3H3/t19-/m1/s1. The first-order valence-electron chi connectivity index (χ1n) is 11.4. The average Bonchev–Trinajstić information content (AvgIpc) is 2.78. The van der Waals surface area contributed by atoms with Crippen LogP contribution in [0.5, 0.6) is 11.5 Å². The second-order valence-electron chi connectivity index (χ2n) is 7.77. The van der Waals surface area contributed by atoms with E-state index in [1.165, 1.54) is 37.8 Å². The summed E-state index contributed by atoms with van der Waals surface area (Å²) in [7, 11) is 0. The molecule has 0 amide bonds. The highest BCUT2D eigenvalue weighted by Crippen LogP contribution is 2.25. The molecule has 0 saturated heterocycles. The van der Waals surface area contributed by atoms with Gasteiger partial charge in [0.1, 0.15) is 22.9 Å². The molecule has 0 fully saturated rings. The minimum atomic E-state index is -0.862. The van der Waals surface area contributed by atoms with E-state index in [1.807, 2.05) is 6.92 Å². The van der Waals surface area contributed by atoms with Crippen LogP contribution in [0.15, 0.2) is 42.5 Å². The molecule has 2 aromatic carbocycles. The minimum absolute atomic E-state index is 0.174. The number of carbonyl (C=O) groups is 2. The van der Waals surface area contributed by atoms with Gasteiger partial charge >= 0.3 is 11.9 Å². The highest BCUT2D eigenvalue weighted by Gasteiger charge is 2.23. The Morgan fingerprint density at radius 2 is 1.59 bits per heavy atom. The van der Waals surface area contributed by atoms with Crippen molar-refractivity contribution in [2.24, 2.45) is 0 Å². The van der Waals surface area contributed by atoms with Crippen molar-refractivity contribution >= 4 is 11.9 Å². The van der Waals surface area contributed by atoms with E-state index in [1.54, 1.807) is 31.2 Å². The van der Waals surface area contributed by atoms with Crippen LogP contribution >= 0.6 is 0 Å². The zero-order valence-corrected chi connectivity index (χ0v) is 19.2. The van der Waals surface area contributed by atoms with Crippen molar-refractivity contribution in [1.29, 1.82) is 0 Å². The van der Waals surface area contributed by atoms with Gasteiger partial charge in [-0.1, -0.05) is 52.0 Å². The third-order valence-electron chi connectivity index (χ3n) is 5.12. The summed E-state index contributed by atoms with van der Waals surface area (Å²) < 4.78 is 30.5. The summed E-state index contributed by atoms with van der Waals surface area (Å²) in [5, 5.41) is 0. The van der Waals surface area contributed by atoms with Crippen LogP contribution in [0.2, 0.25) is 0 Å². The highest BCUT2D eigenvalue weighted by atomic mass is 19.1. The van der Waals surface area contributed by atoms with E-state index in [9.17, 15) is 14.0 Å². The van der Waals surface area contributed by atoms with Crippen LogP contribution < -0.4 is 9.47 Å². The van der Waals surface area contributed by atoms with Crippen LogP contribution in [0.4, 0.5) is 4.39 Å². The number of benzene rings is 2. The first-order valence-corrected chi connectivity index (χ1v) is 11.4. The lowest BCUT2D eigenvalue weighted by Gasteiger charge is -2.14. The van der Waals surface area contributed by atoms with E-state index in [2.05, 4.69) is 6.92 Å². The van der Waals surface area contributed by atoms with Gasteiger partial charge in [-0.3, -0.25) is 0 Å². The molecule has 0 aromatic heterocycles. The van der Waals surface area contributed by atoms with Gasteiger partial charge in [-0.15, -0.1) is 0 Å². The molecule has 0 N–H and O–H groups in total. The summed E-state index contributed by atoms with van der Waals surface area (Å²) in [4.78, 5) is 24.9. The normalized spacial score (nSPS) is 11.6. The maximum absolute atomic E-state index is 14.3. The highest BCUT2D eigenvalue weighted by molar-refractivity contribution is 5.96. The molecule has 0 aliphatic carbocycles. The van der Waals surface area contributed by atoms with E-state index >= 15 is 0 Å². The summed E-state index contributed by atoms with van der Waals surface area (Å²) in [6.07, 6.45) is 7.31. The average molecular weight is 445 g/mol. The fourth-order valence-electron chi connectivity index (χ4n) is 3.03. The van der Waals surface area contributed by atoms with Crippen LogP contribution in [0, 0.1) is 5.82 Å². The molecule has 0 radical (unpaired) electrons. The fraction of sp³-hybridized carbons (Fsp3) is 0.462. The second-order valence-corrected chi connectivity index (χ2v) is 7.77. The van der Waals surface area contributed by atoms with Crippen LogP contribution in [0.3, 0.4) is 0 Å². The number of unbranched alkanes of at least 4 members (excludes halogenated alkanes) is 5. The van der Waals surface area contributed by atoms with Crippen molar-refractivity contribution < 1.29 is 28.2 Å². The molecule has 0 bridgehead atoms. The molecule has 0 saturated carbocycles. The molecule has 0 aliphatic rings. The lowest BCUT2D eigenvalue weighted by molar-refractivity contribution is 0.0325. The topological polar surface area (TPSA) is 61.8 Å². The van der Waals surface area contributed by atoms with Gasteiger partial charge in [0.15, 0.2) is 0 Å². The van der Waals surface area contributed by atoms with Crippen LogP contribution in [0.1, 0.15) is 86.4 Å². The Hall–Kier alpha value is -2.89. The zero-order chi connectivity index (χ0) is 23.3. The molecule has 32 heavy (non-hydrogen) atoms. The lowest BCUT2D eigenvalue weighted by Crippen LogP contribution is -2.18. The number of hydrogen-bond donors (Lipinski definition) is 0. The molecule has 5 nitrogen and oxygen atoms in total. The molecule has 2 rings (SSSR count). The van der Waals surface area contributed by atoms with Crippen molar-refractivity contribution in [1.82, 2.24) is 0 Å². The Balaban J connectivity index is 1.94. The van der Waals surface area contributed by atoms with Gasteiger partial charge in [0.2, 0.25) is 0 Å². The largest absolute Gasteiger partial charge is 0.494 e. The molecule has 2 aromatic rings. The Bertz CT molecular complexity index is 863. The SMILES string of the molecule is CCCCCCCCOc1ccc(C(=O)Oc2cccc(F)c2C(=O)O[C@H](C)CC)cc1. The molecule has 0 aliphatic heterocycles. The number of rotatable bonds is 13. The molecule has 0 heterocycles. The van der Waals surface area contributed by atoms with Crippen molar-refractivity contribution in [3.05, 3.63) is 59.4 Å². The van der Waals surface area contributed by atoms with E-state index in [0.29, 0.717) is 18.8 Å². The van der Waals surface area contributed by atoms with Crippen LogP contribution in [-0.4, -0.2) is 24.6 Å². The number of ether oxygens (including phenoxy) is 3. The monoisotopic (exact) mass is 444 g/mol. The Morgan fingerprint density at radius 1 is 0.906 bits per heavy atom. The summed E-state index contributed by atoms with van der Waals surface area (Å²) in [5.41, 5.74) is -0.123. The summed E-state index contributed by atoms with van der Waals surface area (Å²) in [6.45, 7) is 6.38. The number of esters is 2. The summed E-state index contributed by atoms with van der Waals surface area (Å²) >= 11 is 0. The predicted molar refractivity (Wildman–Crippen MR) is 122 cm³/mol. The number of halogens is 1. The van der Waals surface area contributed by atoms with Gasteiger partial charge in [-0.2, -0.15) is 0 Å². The first-order chi connectivity index (χ1) is 15.5. The van der Waals surface area contributed by atoms with E-state index in [0.717, 1.165) is 18.9 Å². The van der Waals surface area contributed by atoms with Gasteiger partial charge in [0.25, 0.3) is 0 Å². The minimum Gasteiger partial charge on any atom is -0.494 e. The van der Waals surface area contributed by atoms with Gasteiger partial charge < -0.3 is 14.2 Å². The second kappa shape index (κ2) is 13.5. The zero-order valence-electron chi connectivity index (χ0n) is 19.2. The molecule has 0 spiro atoms. The molecule has 1 atom stereocenters. The maximum Gasteiger partial charge on any atom is 0.345 e. The van der Waals surface area contributed by atoms with Crippen molar-refractivity contribution in [2.45, 2.75) is 71.8 Å². The van der Waals surface area contributed by atoms with Gasteiger partial charge in [0, 0.05) is 0 Å².